The molecule has 214 valence electrons. The summed E-state index contributed by atoms with van der Waals surface area (Å²) in [6.07, 6.45) is -7.52. The summed E-state index contributed by atoms with van der Waals surface area (Å²) >= 11 is 0. The van der Waals surface area contributed by atoms with Crippen molar-refractivity contribution >= 4 is 23.6 Å². The van der Waals surface area contributed by atoms with E-state index in [0.717, 1.165) is 12.1 Å². The molecular weight excluding hydrogens is 536 g/mol. The molecule has 2 N–H and O–H groups in total. The molecule has 1 aliphatic heterocycles. The fourth-order valence-corrected chi connectivity index (χ4v) is 3.64. The third-order valence-corrected chi connectivity index (χ3v) is 5.38. The van der Waals surface area contributed by atoms with E-state index < -0.39 is 41.3 Å². The fourth-order valence-electron chi connectivity index (χ4n) is 3.64. The molecule has 1 atom stereocenters. The molecule has 1 aromatic heterocycles. The van der Waals surface area contributed by atoms with Crippen LogP contribution in [0.3, 0.4) is 0 Å². The number of alkyl halides is 6. The highest BCUT2D eigenvalue weighted by atomic mass is 19.4. The molecule has 0 radical (unpaired) electrons. The van der Waals surface area contributed by atoms with Crippen LogP contribution in [-0.4, -0.2) is 52.3 Å². The first kappa shape index (κ1) is 29.8. The van der Waals surface area contributed by atoms with E-state index in [9.17, 15) is 35.9 Å². The Kier molecular flexibility index (Phi) is 8.80. The zero-order valence-electron chi connectivity index (χ0n) is 21.2. The van der Waals surface area contributed by atoms with Crippen LogP contribution in [0.25, 0.3) is 0 Å². The lowest BCUT2D eigenvalue weighted by molar-refractivity contribution is -0.141. The molecule has 1 aliphatic rings. The Morgan fingerprint density at radius 2 is 1.74 bits per heavy atom. The van der Waals surface area contributed by atoms with Crippen molar-refractivity contribution in [3.8, 4) is 5.75 Å². The molecule has 2 heterocycles. The molecule has 0 spiro atoms. The van der Waals surface area contributed by atoms with Crippen molar-refractivity contribution in [2.75, 3.05) is 30.3 Å². The van der Waals surface area contributed by atoms with Crippen molar-refractivity contribution in [3.63, 3.8) is 0 Å². The Balaban J connectivity index is 1.69. The van der Waals surface area contributed by atoms with Crippen LogP contribution >= 0.6 is 0 Å². The number of hydrogen-bond acceptors (Lipinski definition) is 6. The summed E-state index contributed by atoms with van der Waals surface area (Å²) in [6.45, 7) is 6.07. The third-order valence-electron chi connectivity index (χ3n) is 5.38. The van der Waals surface area contributed by atoms with Gasteiger partial charge in [-0.1, -0.05) is 0 Å². The number of benzene rings is 1. The second kappa shape index (κ2) is 11.5. The van der Waals surface area contributed by atoms with Crippen LogP contribution in [0, 0.1) is 5.92 Å². The zero-order valence-corrected chi connectivity index (χ0v) is 21.2. The summed E-state index contributed by atoms with van der Waals surface area (Å²) < 4.78 is 89.0. The standard InChI is InChI=1S/C24H27F6N5O4/c1-22(2,3)39-21(37)35-8-4-5-14(12-35)13-38-17-7-6-15(23(25,26)27)9-16(17)33-20(36)34-19-11-31-18(10-32-19)24(28,29)30/h6-7,9-11,14H,4-5,8,12-13H2,1-3H3,(H2,32,33,34,36). The number of halogens is 6. The largest absolute Gasteiger partial charge is 0.491 e. The molecule has 3 amide bonds. The Morgan fingerprint density at radius 3 is 2.33 bits per heavy atom. The maximum absolute atomic E-state index is 13.3. The smallest absolute Gasteiger partial charge is 0.434 e. The predicted molar refractivity (Wildman–Crippen MR) is 127 cm³/mol. The second-order valence-electron chi connectivity index (χ2n) is 9.82. The number of rotatable bonds is 5. The number of anilines is 2. The van der Waals surface area contributed by atoms with Crippen molar-refractivity contribution in [3.05, 3.63) is 41.9 Å². The Morgan fingerprint density at radius 1 is 1.03 bits per heavy atom. The van der Waals surface area contributed by atoms with E-state index in [2.05, 4.69) is 20.6 Å². The number of nitrogens with one attached hydrogen (secondary N) is 2. The molecule has 1 unspecified atom stereocenters. The average Bonchev–Trinajstić information content (AvgIpc) is 2.81. The van der Waals surface area contributed by atoms with E-state index in [-0.39, 0.29) is 29.8 Å². The van der Waals surface area contributed by atoms with E-state index in [1.807, 2.05) is 0 Å². The number of carbonyl (C=O) groups excluding carboxylic acids is 2. The van der Waals surface area contributed by atoms with Crippen LogP contribution in [0.15, 0.2) is 30.6 Å². The van der Waals surface area contributed by atoms with Gasteiger partial charge in [0.2, 0.25) is 0 Å². The molecule has 0 aliphatic carbocycles. The summed E-state index contributed by atoms with van der Waals surface area (Å²) in [4.78, 5) is 32.9. The van der Waals surface area contributed by atoms with Crippen molar-refractivity contribution < 1.29 is 45.4 Å². The van der Waals surface area contributed by atoms with Gasteiger partial charge < -0.3 is 19.7 Å². The number of piperidine rings is 1. The molecular formula is C24H27F6N5O4. The first-order chi connectivity index (χ1) is 18.0. The Labute approximate surface area is 219 Å². The first-order valence-electron chi connectivity index (χ1n) is 11.8. The third kappa shape index (κ3) is 8.89. The summed E-state index contributed by atoms with van der Waals surface area (Å²) in [5.41, 5.74) is -3.35. The maximum atomic E-state index is 13.3. The molecule has 1 saturated heterocycles. The predicted octanol–water partition coefficient (Wildman–Crippen LogP) is 6.18. The number of aromatic nitrogens is 2. The molecule has 0 saturated carbocycles. The van der Waals surface area contributed by atoms with Gasteiger partial charge in [-0.3, -0.25) is 5.32 Å². The van der Waals surface area contributed by atoms with Crippen LogP contribution in [0.1, 0.15) is 44.9 Å². The Hall–Kier alpha value is -3.78. The van der Waals surface area contributed by atoms with E-state index in [1.54, 1.807) is 20.8 Å². The normalized spacial score (nSPS) is 16.4. The van der Waals surface area contributed by atoms with Gasteiger partial charge in [0.05, 0.1) is 30.3 Å². The molecule has 1 fully saturated rings. The lowest BCUT2D eigenvalue weighted by Crippen LogP contribution is -2.44. The van der Waals surface area contributed by atoms with Crippen LogP contribution in [-0.2, 0) is 17.1 Å². The minimum atomic E-state index is -4.74. The highest BCUT2D eigenvalue weighted by Crippen LogP contribution is 2.36. The van der Waals surface area contributed by atoms with Crippen LogP contribution < -0.4 is 15.4 Å². The van der Waals surface area contributed by atoms with Crippen LogP contribution in [0.5, 0.6) is 5.75 Å². The minimum absolute atomic E-state index is 0.0331. The first-order valence-corrected chi connectivity index (χ1v) is 11.8. The van der Waals surface area contributed by atoms with Gasteiger partial charge >= 0.3 is 24.5 Å². The molecule has 15 heteroatoms. The monoisotopic (exact) mass is 563 g/mol. The molecule has 2 aromatic rings. The number of urea groups is 1. The summed E-state index contributed by atoms with van der Waals surface area (Å²) in [5, 5.41) is 4.32. The summed E-state index contributed by atoms with van der Waals surface area (Å²) in [6, 6.07) is 1.42. The summed E-state index contributed by atoms with van der Waals surface area (Å²) in [5.74, 6) is -0.594. The van der Waals surface area contributed by atoms with Gasteiger partial charge in [-0.2, -0.15) is 26.3 Å². The van der Waals surface area contributed by atoms with Gasteiger partial charge in [-0.25, -0.2) is 19.6 Å². The summed E-state index contributed by atoms with van der Waals surface area (Å²) in [7, 11) is 0. The highest BCUT2D eigenvalue weighted by molar-refractivity contribution is 6.00. The van der Waals surface area contributed by atoms with Gasteiger partial charge in [0.15, 0.2) is 11.5 Å². The minimum Gasteiger partial charge on any atom is -0.491 e. The maximum Gasteiger partial charge on any atom is 0.434 e. The quantitative estimate of drug-likeness (QED) is 0.421. The number of carbonyl (C=O) groups is 2. The lowest BCUT2D eigenvalue weighted by atomic mass is 9.99. The fraction of sp³-hybridized carbons (Fsp3) is 0.500. The molecule has 0 bridgehead atoms. The second-order valence-corrected chi connectivity index (χ2v) is 9.82. The van der Waals surface area contributed by atoms with Gasteiger partial charge in [-0.05, 0) is 51.8 Å². The molecule has 39 heavy (non-hydrogen) atoms. The van der Waals surface area contributed by atoms with Crippen molar-refractivity contribution in [2.24, 2.45) is 5.92 Å². The van der Waals surface area contributed by atoms with Gasteiger partial charge in [0.1, 0.15) is 11.4 Å². The highest BCUT2D eigenvalue weighted by Gasteiger charge is 2.34. The van der Waals surface area contributed by atoms with Gasteiger partial charge in [0, 0.05) is 19.0 Å². The van der Waals surface area contributed by atoms with Crippen molar-refractivity contribution in [1.82, 2.24) is 14.9 Å². The van der Waals surface area contributed by atoms with Gasteiger partial charge in [0.25, 0.3) is 0 Å². The Bertz CT molecular complexity index is 1170. The molecule has 9 nitrogen and oxygen atoms in total. The number of nitrogens with zero attached hydrogens (tertiary/aromatic N) is 3. The average molecular weight is 563 g/mol. The van der Waals surface area contributed by atoms with E-state index in [1.165, 1.54) is 4.90 Å². The number of ether oxygens (including phenoxy) is 2. The van der Waals surface area contributed by atoms with Gasteiger partial charge in [-0.15, -0.1) is 0 Å². The SMILES string of the molecule is CC(C)(C)OC(=O)N1CCCC(COc2ccc(C(F)(F)F)cc2NC(=O)Nc2cnc(C(F)(F)F)cn2)C1. The number of amides is 3. The topological polar surface area (TPSA) is 106 Å². The van der Waals surface area contributed by atoms with E-state index in [0.29, 0.717) is 44.4 Å². The van der Waals surface area contributed by atoms with E-state index in [4.69, 9.17) is 9.47 Å². The van der Waals surface area contributed by atoms with E-state index >= 15 is 0 Å². The molecule has 1 aromatic carbocycles. The number of likely N-dealkylation sites (tertiary alicyclic amines) is 1. The molecule has 3 rings (SSSR count). The van der Waals surface area contributed by atoms with Crippen LogP contribution in [0.4, 0.5) is 47.4 Å². The van der Waals surface area contributed by atoms with Crippen molar-refractivity contribution in [1.29, 1.82) is 0 Å². The zero-order chi connectivity index (χ0) is 29.0. The number of hydrogen-bond donors (Lipinski definition) is 2. The van der Waals surface area contributed by atoms with Crippen molar-refractivity contribution in [2.45, 2.75) is 51.6 Å². The van der Waals surface area contributed by atoms with Crippen LogP contribution in [0.2, 0.25) is 0 Å². The lowest BCUT2D eigenvalue weighted by Gasteiger charge is -2.34.